The molecule has 3 heterocycles. The Balaban J connectivity index is 1.45. The number of pyridine rings is 1. The SMILES string of the molecule is CC(=O)COC(C)c1ccc(-n2ccc(C(C)c3ccc4c(c3)sc(=O)n4COCC[Si-](C)(C)C)n2)nc1. The van der Waals surface area contributed by atoms with E-state index in [2.05, 4.69) is 43.7 Å². The predicted molar refractivity (Wildman–Crippen MR) is 154 cm³/mol. The van der Waals surface area contributed by atoms with Gasteiger partial charge in [0.15, 0.2) is 11.6 Å². The third kappa shape index (κ3) is 6.93. The minimum atomic E-state index is -1.17. The number of hydrogen-bond donors (Lipinski definition) is 0. The lowest BCUT2D eigenvalue weighted by molar-refractivity contribution is -0.123. The molecule has 203 valence electrons. The number of thiazole rings is 1. The number of carbonyl (C=O) groups excluding carboxylic acids is 1. The fraction of sp³-hybridized carbons (Fsp3) is 0.429. The van der Waals surface area contributed by atoms with E-state index in [1.54, 1.807) is 15.4 Å². The Kier molecular flexibility index (Phi) is 8.77. The fourth-order valence-electron chi connectivity index (χ4n) is 3.99. The highest BCUT2D eigenvalue weighted by Crippen LogP contribution is 2.28. The van der Waals surface area contributed by atoms with Crippen molar-refractivity contribution in [2.45, 2.75) is 65.2 Å². The third-order valence-corrected chi connectivity index (χ3v) is 9.12. The summed E-state index contributed by atoms with van der Waals surface area (Å²) in [7, 11) is -1.17. The average Bonchev–Trinajstić information content (AvgIpc) is 3.48. The molecular formula is C28H36N4O4SSi-. The number of carbonyl (C=O) groups is 1. The summed E-state index contributed by atoms with van der Waals surface area (Å²) in [6.07, 6.45) is 3.43. The molecule has 0 aliphatic carbocycles. The summed E-state index contributed by atoms with van der Waals surface area (Å²) >= 11 is 1.25. The number of rotatable bonds is 12. The van der Waals surface area contributed by atoms with Crippen LogP contribution in [-0.2, 0) is 21.0 Å². The quantitative estimate of drug-likeness (QED) is 0.164. The third-order valence-electron chi connectivity index (χ3n) is 6.47. The topological polar surface area (TPSA) is 88.2 Å². The van der Waals surface area contributed by atoms with E-state index in [0.717, 1.165) is 33.1 Å². The maximum atomic E-state index is 12.6. The number of benzene rings is 1. The Labute approximate surface area is 228 Å². The summed E-state index contributed by atoms with van der Waals surface area (Å²) in [5, 5.41) is 4.76. The van der Waals surface area contributed by atoms with Gasteiger partial charge in [-0.15, -0.1) is 14.1 Å². The Morgan fingerprint density at radius 1 is 1.11 bits per heavy atom. The van der Waals surface area contributed by atoms with Gasteiger partial charge < -0.3 is 9.47 Å². The van der Waals surface area contributed by atoms with Crippen LogP contribution in [0, 0.1) is 0 Å². The van der Waals surface area contributed by atoms with Crippen LogP contribution < -0.4 is 4.87 Å². The standard InChI is InChI=1S/C28H36N4O4SSi/c1-19(33)17-36-21(3)23-8-10-27(29-16-23)32-12-11-24(30-32)20(2)22-7-9-25-26(15-22)37-28(34)31(25)18-35-13-14-38(4,5)6/h7-12,15-16,20-21H,13-14,17-18H2,1-6H3/q-1. The Morgan fingerprint density at radius 3 is 2.55 bits per heavy atom. The van der Waals surface area contributed by atoms with Crippen LogP contribution >= 0.6 is 11.3 Å². The summed E-state index contributed by atoms with van der Waals surface area (Å²) in [5.74, 6) is 0.733. The summed E-state index contributed by atoms with van der Waals surface area (Å²) in [6.45, 7) is 13.5. The molecule has 2 unspecified atom stereocenters. The van der Waals surface area contributed by atoms with E-state index in [0.29, 0.717) is 12.4 Å². The molecule has 0 radical (unpaired) electrons. The number of fused-ring (bicyclic) bond motifs is 1. The van der Waals surface area contributed by atoms with Gasteiger partial charge >= 0.3 is 4.87 Å². The molecule has 0 spiro atoms. The molecule has 0 saturated carbocycles. The second kappa shape index (κ2) is 11.9. The van der Waals surface area contributed by atoms with Gasteiger partial charge in [-0.1, -0.05) is 30.4 Å². The molecule has 0 aliphatic heterocycles. The van der Waals surface area contributed by atoms with Gasteiger partial charge in [0.25, 0.3) is 0 Å². The lowest BCUT2D eigenvalue weighted by Crippen LogP contribution is -2.23. The van der Waals surface area contributed by atoms with Gasteiger partial charge in [-0.3, -0.25) is 14.2 Å². The smallest absolute Gasteiger partial charge is 0.310 e. The van der Waals surface area contributed by atoms with E-state index in [4.69, 9.17) is 14.6 Å². The van der Waals surface area contributed by atoms with Gasteiger partial charge in [0.2, 0.25) is 0 Å². The highest BCUT2D eigenvalue weighted by atomic mass is 32.1. The first-order valence-corrected chi connectivity index (χ1v) is 17.4. The second-order valence-corrected chi connectivity index (χ2v) is 17.5. The van der Waals surface area contributed by atoms with Gasteiger partial charge in [-0.2, -0.15) is 24.7 Å². The first-order chi connectivity index (χ1) is 18.0. The molecule has 38 heavy (non-hydrogen) atoms. The van der Waals surface area contributed by atoms with Crippen LogP contribution in [0.5, 0.6) is 0 Å². The van der Waals surface area contributed by atoms with E-state index < -0.39 is 8.07 Å². The maximum Gasteiger partial charge on any atom is 0.310 e. The highest BCUT2D eigenvalue weighted by molar-refractivity contribution is 7.16. The Hall–Kier alpha value is -2.92. The van der Waals surface area contributed by atoms with Crippen molar-refractivity contribution in [3.63, 3.8) is 0 Å². The lowest BCUT2D eigenvalue weighted by Gasteiger charge is -2.26. The highest BCUT2D eigenvalue weighted by Gasteiger charge is 2.16. The first-order valence-electron chi connectivity index (χ1n) is 12.9. The zero-order chi connectivity index (χ0) is 27.4. The molecule has 8 nitrogen and oxygen atoms in total. The molecule has 3 aromatic heterocycles. The van der Waals surface area contributed by atoms with Crippen LogP contribution in [0.2, 0.25) is 25.7 Å². The molecule has 0 fully saturated rings. The summed E-state index contributed by atoms with van der Waals surface area (Å²) < 4.78 is 15.8. The van der Waals surface area contributed by atoms with E-state index in [1.807, 2.05) is 37.4 Å². The van der Waals surface area contributed by atoms with E-state index >= 15 is 0 Å². The number of Topliss-reactive ketones (excluding diaryl/α,β-unsaturated/α-hetero) is 1. The van der Waals surface area contributed by atoms with Gasteiger partial charge in [-0.05, 0) is 49.2 Å². The van der Waals surface area contributed by atoms with Crippen molar-refractivity contribution in [3.05, 3.63) is 75.3 Å². The number of hydrogen-bond acceptors (Lipinski definition) is 7. The minimum Gasteiger partial charge on any atom is -0.366 e. The molecule has 0 bridgehead atoms. The summed E-state index contributed by atoms with van der Waals surface area (Å²) in [5.41, 5.74) is 3.81. The van der Waals surface area contributed by atoms with Crippen LogP contribution in [0.25, 0.3) is 16.0 Å². The van der Waals surface area contributed by atoms with Crippen LogP contribution in [-0.4, -0.2) is 46.4 Å². The van der Waals surface area contributed by atoms with Crippen molar-refractivity contribution in [1.29, 1.82) is 0 Å². The number of ketones is 1. The van der Waals surface area contributed by atoms with Crippen LogP contribution in [0.3, 0.4) is 0 Å². The Morgan fingerprint density at radius 2 is 1.87 bits per heavy atom. The molecule has 0 aliphatic rings. The largest absolute Gasteiger partial charge is 0.366 e. The van der Waals surface area contributed by atoms with Gasteiger partial charge in [0.05, 0.1) is 22.0 Å². The molecular weight excluding hydrogens is 516 g/mol. The fourth-order valence-corrected chi connectivity index (χ4v) is 5.67. The number of nitrogens with zero attached hydrogens (tertiary/aromatic N) is 4. The van der Waals surface area contributed by atoms with Crippen LogP contribution in [0.15, 0.2) is 53.6 Å². The first kappa shape index (κ1) is 28.1. The lowest BCUT2D eigenvalue weighted by atomic mass is 9.98. The Bertz CT molecular complexity index is 1450. The van der Waals surface area contributed by atoms with Crippen molar-refractivity contribution in [3.8, 4) is 5.82 Å². The van der Waals surface area contributed by atoms with Gasteiger partial charge in [-0.25, -0.2) is 9.67 Å². The maximum absolute atomic E-state index is 12.6. The zero-order valence-electron chi connectivity index (χ0n) is 22.9. The molecule has 0 saturated heterocycles. The summed E-state index contributed by atoms with van der Waals surface area (Å²) in [4.78, 5) is 28.3. The van der Waals surface area contributed by atoms with Crippen molar-refractivity contribution >= 4 is 35.4 Å². The molecule has 0 N–H and O–H groups in total. The van der Waals surface area contributed by atoms with E-state index in [1.165, 1.54) is 18.3 Å². The number of ether oxygens (including phenoxy) is 2. The van der Waals surface area contributed by atoms with Crippen LogP contribution in [0.4, 0.5) is 0 Å². The van der Waals surface area contributed by atoms with Crippen molar-refractivity contribution < 1.29 is 14.3 Å². The molecule has 4 aromatic rings. The average molecular weight is 553 g/mol. The van der Waals surface area contributed by atoms with E-state index in [-0.39, 0.29) is 36.0 Å². The van der Waals surface area contributed by atoms with Crippen molar-refractivity contribution in [2.24, 2.45) is 0 Å². The van der Waals surface area contributed by atoms with Crippen LogP contribution in [0.1, 0.15) is 49.6 Å². The van der Waals surface area contributed by atoms with Crippen molar-refractivity contribution in [1.82, 2.24) is 19.3 Å². The molecule has 0 amide bonds. The van der Waals surface area contributed by atoms with E-state index in [9.17, 15) is 9.59 Å². The molecule has 1 aromatic carbocycles. The van der Waals surface area contributed by atoms with Crippen molar-refractivity contribution in [2.75, 3.05) is 13.2 Å². The summed E-state index contributed by atoms with van der Waals surface area (Å²) in [6, 6.07) is 13.0. The van der Waals surface area contributed by atoms with Gasteiger partial charge in [0, 0.05) is 24.9 Å². The molecule has 10 heteroatoms. The monoisotopic (exact) mass is 552 g/mol. The normalized spacial score (nSPS) is 13.6. The minimum absolute atomic E-state index is 0.00221. The predicted octanol–water partition coefficient (Wildman–Crippen LogP) is 5.77. The molecule has 2 atom stereocenters. The molecule has 4 rings (SSSR count). The second-order valence-electron chi connectivity index (χ2n) is 10.9. The number of aromatic nitrogens is 4. The zero-order valence-corrected chi connectivity index (χ0v) is 24.7. The van der Waals surface area contributed by atoms with Gasteiger partial charge in [0.1, 0.15) is 13.3 Å².